The van der Waals surface area contributed by atoms with Gasteiger partial charge in [0.1, 0.15) is 13.1 Å². The Bertz CT molecular complexity index is 1920. The maximum absolute atomic E-state index is 10.1. The van der Waals surface area contributed by atoms with Crippen LogP contribution in [0.2, 0.25) is 0 Å². The van der Waals surface area contributed by atoms with Crippen LogP contribution in [0, 0.1) is 23.7 Å². The number of aryl methyl sites for hydroxylation is 2. The van der Waals surface area contributed by atoms with Crippen molar-refractivity contribution in [1.29, 1.82) is 5.26 Å². The van der Waals surface area contributed by atoms with Gasteiger partial charge in [-0.05, 0) is 52.8 Å². The van der Waals surface area contributed by atoms with Crippen molar-refractivity contribution >= 4 is 32.8 Å². The van der Waals surface area contributed by atoms with Gasteiger partial charge in [0.2, 0.25) is 11.4 Å². The smallest absolute Gasteiger partial charge is 0.227 e. The van der Waals surface area contributed by atoms with Crippen LogP contribution in [0.1, 0.15) is 37.5 Å². The molecule has 0 amide bonds. The minimum Gasteiger partial charge on any atom is -0.437 e. The molecular weight excluding hydrogens is 466 g/mol. The van der Waals surface area contributed by atoms with E-state index in [0.717, 1.165) is 55.9 Å². The Morgan fingerprint density at radius 3 is 2.47 bits per heavy atom. The number of benzene rings is 3. The molecule has 0 unspecified atom stereocenters. The fourth-order valence-electron chi connectivity index (χ4n) is 5.41. The standard InChI is InChI=1S/C34H30N3O/c1-21-10-13-27-28-18-26(20-35)31(25-12-11-23-8-6-7-9-24(23)17-25)36-33(28)38-32(27)30(21)29-16-22(14-15-37(29)5)19-34(2,3)4/h6-18H,19H2,1-5H3/q+1. The molecule has 0 N–H and O–H groups in total. The lowest BCUT2D eigenvalue weighted by Gasteiger charge is -2.18. The number of aromatic nitrogens is 2. The molecule has 0 bridgehead atoms. The first-order valence-corrected chi connectivity index (χ1v) is 13.0. The Balaban J connectivity index is 1.58. The summed E-state index contributed by atoms with van der Waals surface area (Å²) in [5.74, 6) is 0. The molecule has 0 aliphatic heterocycles. The van der Waals surface area contributed by atoms with Gasteiger partial charge in [-0.3, -0.25) is 0 Å². The minimum absolute atomic E-state index is 0.189. The Morgan fingerprint density at radius 1 is 0.921 bits per heavy atom. The second kappa shape index (κ2) is 8.82. The zero-order chi connectivity index (χ0) is 26.6. The van der Waals surface area contributed by atoms with Crippen LogP contribution in [0.5, 0.6) is 0 Å². The van der Waals surface area contributed by atoms with Crippen LogP contribution in [0.25, 0.3) is 55.4 Å². The Labute approximate surface area is 222 Å². The van der Waals surface area contributed by atoms with Gasteiger partial charge >= 0.3 is 0 Å². The van der Waals surface area contributed by atoms with Crippen LogP contribution >= 0.6 is 0 Å². The highest BCUT2D eigenvalue weighted by molar-refractivity contribution is 6.09. The SMILES string of the molecule is Cc1ccc2c(oc3nc(-c4ccc5ccccc5c4)c(C#N)cc32)c1-c1cc(CC(C)(C)C)cc[n+]1C. The number of fused-ring (bicyclic) bond motifs is 4. The van der Waals surface area contributed by atoms with E-state index in [1.165, 1.54) is 5.56 Å². The van der Waals surface area contributed by atoms with E-state index in [9.17, 15) is 5.26 Å². The van der Waals surface area contributed by atoms with Crippen molar-refractivity contribution < 1.29 is 8.98 Å². The van der Waals surface area contributed by atoms with Gasteiger partial charge in [0.25, 0.3) is 0 Å². The summed E-state index contributed by atoms with van der Waals surface area (Å²) in [6.07, 6.45) is 3.11. The van der Waals surface area contributed by atoms with E-state index < -0.39 is 0 Å². The fraction of sp³-hybridized carbons (Fsp3) is 0.206. The molecule has 3 aromatic carbocycles. The number of furan rings is 1. The third-order valence-corrected chi connectivity index (χ3v) is 7.19. The number of rotatable bonds is 3. The van der Waals surface area contributed by atoms with Crippen LogP contribution < -0.4 is 4.57 Å². The molecule has 4 nitrogen and oxygen atoms in total. The molecular formula is C34H30N3O+. The normalized spacial score (nSPS) is 11.9. The minimum atomic E-state index is 0.189. The summed E-state index contributed by atoms with van der Waals surface area (Å²) in [6.45, 7) is 8.90. The molecule has 6 aromatic rings. The molecule has 0 aliphatic rings. The third kappa shape index (κ3) is 4.11. The van der Waals surface area contributed by atoms with Crippen LogP contribution in [0.3, 0.4) is 0 Å². The molecule has 0 fully saturated rings. The van der Waals surface area contributed by atoms with Gasteiger partial charge in [0.05, 0.1) is 16.8 Å². The van der Waals surface area contributed by atoms with E-state index in [-0.39, 0.29) is 5.41 Å². The molecule has 3 aromatic heterocycles. The average Bonchev–Trinajstić information content (AvgIpc) is 3.25. The lowest BCUT2D eigenvalue weighted by molar-refractivity contribution is -0.660. The van der Waals surface area contributed by atoms with E-state index in [1.807, 2.05) is 24.3 Å². The van der Waals surface area contributed by atoms with Gasteiger partial charge in [0, 0.05) is 28.5 Å². The quantitative estimate of drug-likeness (QED) is 0.233. The van der Waals surface area contributed by atoms with E-state index >= 15 is 0 Å². The Kier molecular flexibility index (Phi) is 5.54. The van der Waals surface area contributed by atoms with Gasteiger partial charge in [-0.1, -0.05) is 69.3 Å². The van der Waals surface area contributed by atoms with E-state index in [4.69, 9.17) is 9.40 Å². The van der Waals surface area contributed by atoms with Crippen LogP contribution in [-0.2, 0) is 13.5 Å². The highest BCUT2D eigenvalue weighted by atomic mass is 16.3. The molecule has 0 spiro atoms. The maximum Gasteiger partial charge on any atom is 0.227 e. The van der Waals surface area contributed by atoms with Crippen molar-refractivity contribution in [2.45, 2.75) is 34.1 Å². The number of hydrogen-bond acceptors (Lipinski definition) is 3. The van der Waals surface area contributed by atoms with Gasteiger partial charge in [0.15, 0.2) is 11.8 Å². The summed E-state index contributed by atoms with van der Waals surface area (Å²) >= 11 is 0. The molecule has 3 heterocycles. The number of nitrogens with zero attached hydrogens (tertiary/aromatic N) is 3. The van der Waals surface area contributed by atoms with Crippen LogP contribution in [-0.4, -0.2) is 4.98 Å². The van der Waals surface area contributed by atoms with Gasteiger partial charge in [-0.2, -0.15) is 5.26 Å². The van der Waals surface area contributed by atoms with Gasteiger partial charge < -0.3 is 4.42 Å². The van der Waals surface area contributed by atoms with Crippen molar-refractivity contribution in [2.75, 3.05) is 0 Å². The maximum atomic E-state index is 10.1. The zero-order valence-corrected chi connectivity index (χ0v) is 22.5. The first-order valence-electron chi connectivity index (χ1n) is 13.0. The molecule has 6 rings (SSSR count). The monoisotopic (exact) mass is 496 g/mol. The molecule has 0 saturated carbocycles. The summed E-state index contributed by atoms with van der Waals surface area (Å²) in [6, 6.07) is 27.4. The molecule has 0 atom stereocenters. The van der Waals surface area contributed by atoms with E-state index in [2.05, 4.69) is 100 Å². The van der Waals surface area contributed by atoms with Crippen LogP contribution in [0.4, 0.5) is 0 Å². The van der Waals surface area contributed by atoms with Crippen LogP contribution in [0.15, 0.2) is 83.4 Å². The highest BCUT2D eigenvalue weighted by Crippen LogP contribution is 2.39. The number of nitriles is 1. The lowest BCUT2D eigenvalue weighted by Crippen LogP contribution is -2.31. The van der Waals surface area contributed by atoms with Crippen molar-refractivity contribution in [2.24, 2.45) is 12.5 Å². The molecule has 0 saturated heterocycles. The van der Waals surface area contributed by atoms with Crippen molar-refractivity contribution in [3.8, 4) is 28.6 Å². The van der Waals surface area contributed by atoms with Crippen molar-refractivity contribution in [3.63, 3.8) is 0 Å². The Morgan fingerprint density at radius 2 is 1.71 bits per heavy atom. The number of pyridine rings is 2. The largest absolute Gasteiger partial charge is 0.437 e. The van der Waals surface area contributed by atoms with Gasteiger partial charge in [-0.25, -0.2) is 9.55 Å². The second-order valence-corrected chi connectivity index (χ2v) is 11.4. The summed E-state index contributed by atoms with van der Waals surface area (Å²) in [5, 5.41) is 14.2. The molecule has 0 radical (unpaired) electrons. The molecule has 38 heavy (non-hydrogen) atoms. The zero-order valence-electron chi connectivity index (χ0n) is 22.5. The van der Waals surface area contributed by atoms with Crippen molar-refractivity contribution in [3.05, 3.63) is 95.7 Å². The first kappa shape index (κ1) is 23.9. The first-order chi connectivity index (χ1) is 18.2. The molecule has 0 aliphatic carbocycles. The summed E-state index contributed by atoms with van der Waals surface area (Å²) < 4.78 is 8.68. The van der Waals surface area contributed by atoms with Crippen molar-refractivity contribution in [1.82, 2.24) is 4.98 Å². The predicted molar refractivity (Wildman–Crippen MR) is 154 cm³/mol. The van der Waals surface area contributed by atoms with E-state index in [1.54, 1.807) is 0 Å². The topological polar surface area (TPSA) is 53.7 Å². The Hall–Kier alpha value is -4.49. The summed E-state index contributed by atoms with van der Waals surface area (Å²) in [5.41, 5.74) is 8.20. The molecule has 186 valence electrons. The molecule has 4 heteroatoms. The summed E-state index contributed by atoms with van der Waals surface area (Å²) in [4.78, 5) is 4.92. The highest BCUT2D eigenvalue weighted by Gasteiger charge is 2.24. The van der Waals surface area contributed by atoms with Gasteiger partial charge in [-0.15, -0.1) is 0 Å². The predicted octanol–water partition coefficient (Wildman–Crippen LogP) is 8.06. The average molecular weight is 497 g/mol. The summed E-state index contributed by atoms with van der Waals surface area (Å²) in [7, 11) is 2.07. The lowest BCUT2D eigenvalue weighted by atomic mass is 9.88. The van der Waals surface area contributed by atoms with E-state index in [0.29, 0.717) is 17.0 Å². The second-order valence-electron chi connectivity index (χ2n) is 11.4. The third-order valence-electron chi connectivity index (χ3n) is 7.19. The number of hydrogen-bond donors (Lipinski definition) is 0. The fourth-order valence-corrected chi connectivity index (χ4v) is 5.41.